The van der Waals surface area contributed by atoms with Gasteiger partial charge in [0.05, 0.1) is 24.5 Å². The molecule has 0 aliphatic carbocycles. The Morgan fingerprint density at radius 3 is 2.48 bits per heavy atom. The number of carbonyl (C=O) groups is 3. The zero-order valence-corrected chi connectivity index (χ0v) is 20.3. The van der Waals surface area contributed by atoms with Gasteiger partial charge in [0.15, 0.2) is 0 Å². The normalized spacial score (nSPS) is 21.3. The molecule has 6 nitrogen and oxygen atoms in total. The molecule has 3 heterocycles. The summed E-state index contributed by atoms with van der Waals surface area (Å²) in [5, 5.41) is 2.00. The smallest absolute Gasteiger partial charge is 0.309 e. The van der Waals surface area contributed by atoms with Crippen molar-refractivity contribution < 1.29 is 19.1 Å². The topological polar surface area (TPSA) is 66.9 Å². The quantitative estimate of drug-likeness (QED) is 0.586. The minimum atomic E-state index is -0.463. The van der Waals surface area contributed by atoms with Gasteiger partial charge in [0, 0.05) is 30.1 Å². The third-order valence-electron chi connectivity index (χ3n) is 6.53. The molecule has 2 atom stereocenters. The Morgan fingerprint density at radius 2 is 1.85 bits per heavy atom. The van der Waals surface area contributed by atoms with Gasteiger partial charge in [0.2, 0.25) is 5.91 Å². The van der Waals surface area contributed by atoms with Crippen molar-refractivity contribution in [2.75, 3.05) is 26.2 Å². The largest absolute Gasteiger partial charge is 0.466 e. The van der Waals surface area contributed by atoms with Gasteiger partial charge in [-0.05, 0) is 48.8 Å². The second-order valence-electron chi connectivity index (χ2n) is 9.23. The highest BCUT2D eigenvalue weighted by atomic mass is 32.1. The Labute approximate surface area is 199 Å². The maximum absolute atomic E-state index is 14.0. The van der Waals surface area contributed by atoms with Gasteiger partial charge in [-0.3, -0.25) is 14.4 Å². The average Bonchev–Trinajstić information content (AvgIpc) is 3.35. The molecule has 176 valence electrons. The van der Waals surface area contributed by atoms with E-state index in [2.05, 4.69) is 13.8 Å². The first-order chi connectivity index (χ1) is 15.9. The maximum atomic E-state index is 14.0. The van der Waals surface area contributed by atoms with Crippen LogP contribution in [0.4, 0.5) is 0 Å². The highest BCUT2D eigenvalue weighted by Crippen LogP contribution is 2.45. The van der Waals surface area contributed by atoms with Gasteiger partial charge in [-0.1, -0.05) is 38.1 Å². The Hall–Kier alpha value is -2.67. The van der Waals surface area contributed by atoms with Crippen molar-refractivity contribution in [3.05, 3.63) is 57.8 Å². The van der Waals surface area contributed by atoms with E-state index in [1.807, 2.05) is 58.5 Å². The molecule has 33 heavy (non-hydrogen) atoms. The molecule has 4 rings (SSSR count). The fourth-order valence-corrected chi connectivity index (χ4v) is 5.90. The van der Waals surface area contributed by atoms with Crippen molar-refractivity contribution >= 4 is 29.1 Å². The molecule has 0 N–H and O–H groups in total. The second-order valence-corrected chi connectivity index (χ2v) is 10.2. The van der Waals surface area contributed by atoms with E-state index in [9.17, 15) is 14.4 Å². The van der Waals surface area contributed by atoms with Crippen LogP contribution in [0, 0.1) is 11.8 Å². The molecule has 0 spiro atoms. The first-order valence-corrected chi connectivity index (χ1v) is 12.7. The van der Waals surface area contributed by atoms with Crippen molar-refractivity contribution in [2.45, 2.75) is 45.6 Å². The Kier molecular flexibility index (Phi) is 7.17. The number of benzene rings is 1. The maximum Gasteiger partial charge on any atom is 0.309 e. The summed E-state index contributed by atoms with van der Waals surface area (Å²) in [5.74, 6) is -0.488. The summed E-state index contributed by atoms with van der Waals surface area (Å²) in [5.41, 5.74) is 1.42. The molecule has 2 aliphatic rings. The molecule has 7 heteroatoms. The van der Waals surface area contributed by atoms with Crippen LogP contribution in [0.3, 0.4) is 0 Å². The van der Waals surface area contributed by atoms with Gasteiger partial charge in [-0.2, -0.15) is 0 Å². The predicted molar refractivity (Wildman–Crippen MR) is 128 cm³/mol. The summed E-state index contributed by atoms with van der Waals surface area (Å²) >= 11 is 1.59. The number of rotatable bonds is 6. The third-order valence-corrected chi connectivity index (χ3v) is 7.47. The van der Waals surface area contributed by atoms with Crippen LogP contribution in [0.25, 0.3) is 0 Å². The average molecular weight is 469 g/mol. The summed E-state index contributed by atoms with van der Waals surface area (Å²) in [4.78, 5) is 44.5. The molecule has 0 radical (unpaired) electrons. The molecule has 2 aliphatic heterocycles. The molecule has 1 saturated heterocycles. The molecule has 0 saturated carbocycles. The van der Waals surface area contributed by atoms with E-state index in [4.69, 9.17) is 4.74 Å². The van der Waals surface area contributed by atoms with Crippen LogP contribution in [0.2, 0.25) is 0 Å². The number of amides is 2. The Bertz CT molecular complexity index is 995. The van der Waals surface area contributed by atoms with Crippen molar-refractivity contribution in [1.29, 1.82) is 0 Å². The summed E-state index contributed by atoms with van der Waals surface area (Å²) in [6.45, 7) is 8.01. The number of nitrogens with zero attached hydrogens (tertiary/aromatic N) is 2. The van der Waals surface area contributed by atoms with Crippen LogP contribution < -0.4 is 0 Å². The van der Waals surface area contributed by atoms with E-state index in [-0.39, 0.29) is 35.7 Å². The summed E-state index contributed by atoms with van der Waals surface area (Å²) in [6, 6.07) is 11.2. The Balaban J connectivity index is 1.68. The lowest BCUT2D eigenvalue weighted by Gasteiger charge is -2.44. The zero-order valence-electron chi connectivity index (χ0n) is 19.5. The summed E-state index contributed by atoms with van der Waals surface area (Å²) in [7, 11) is 0. The van der Waals surface area contributed by atoms with Crippen molar-refractivity contribution in [3.63, 3.8) is 0 Å². The SMILES string of the molecule is CCOC(=O)C1CCN(C(=O)[C@@H]2c3ccccc3C(=O)N(CC(C)C)[C@@H]2c2cccs2)CC1. The van der Waals surface area contributed by atoms with Gasteiger partial charge in [-0.25, -0.2) is 0 Å². The number of ether oxygens (including phenoxy) is 1. The monoisotopic (exact) mass is 468 g/mol. The Morgan fingerprint density at radius 1 is 1.12 bits per heavy atom. The van der Waals surface area contributed by atoms with Crippen LogP contribution in [-0.4, -0.2) is 53.8 Å². The van der Waals surface area contributed by atoms with Gasteiger partial charge < -0.3 is 14.5 Å². The van der Waals surface area contributed by atoms with Crippen molar-refractivity contribution in [1.82, 2.24) is 9.80 Å². The molecular weight excluding hydrogens is 436 g/mol. The molecule has 1 aromatic heterocycles. The number of esters is 1. The minimum Gasteiger partial charge on any atom is -0.466 e. The lowest BCUT2D eigenvalue weighted by molar-refractivity contribution is -0.151. The lowest BCUT2D eigenvalue weighted by Crippen LogP contribution is -2.50. The number of thiophene rings is 1. The highest BCUT2D eigenvalue weighted by molar-refractivity contribution is 7.10. The predicted octanol–water partition coefficient (Wildman–Crippen LogP) is 4.49. The van der Waals surface area contributed by atoms with Crippen molar-refractivity contribution in [2.24, 2.45) is 11.8 Å². The van der Waals surface area contributed by atoms with Gasteiger partial charge in [0.25, 0.3) is 5.91 Å². The van der Waals surface area contributed by atoms with Crippen LogP contribution in [-0.2, 0) is 14.3 Å². The second kappa shape index (κ2) is 10.1. The number of piperidine rings is 1. The minimum absolute atomic E-state index is 0.0113. The van der Waals surface area contributed by atoms with E-state index in [0.29, 0.717) is 44.6 Å². The van der Waals surface area contributed by atoms with E-state index in [1.54, 1.807) is 11.3 Å². The third kappa shape index (κ3) is 4.69. The van der Waals surface area contributed by atoms with Gasteiger partial charge in [-0.15, -0.1) is 11.3 Å². The summed E-state index contributed by atoms with van der Waals surface area (Å²) in [6.07, 6.45) is 1.22. The van der Waals surface area contributed by atoms with Crippen LogP contribution in [0.5, 0.6) is 0 Å². The molecule has 1 fully saturated rings. The van der Waals surface area contributed by atoms with Gasteiger partial charge in [0.1, 0.15) is 0 Å². The van der Waals surface area contributed by atoms with Crippen LogP contribution in [0.1, 0.15) is 66.4 Å². The number of hydrogen-bond acceptors (Lipinski definition) is 5. The first kappa shape index (κ1) is 23.5. The molecular formula is C26H32N2O4S. The summed E-state index contributed by atoms with van der Waals surface area (Å²) < 4.78 is 5.18. The zero-order chi connectivity index (χ0) is 23.5. The number of carbonyl (C=O) groups excluding carboxylic acids is 3. The number of likely N-dealkylation sites (tertiary alicyclic amines) is 1. The van der Waals surface area contributed by atoms with Gasteiger partial charge >= 0.3 is 5.97 Å². The lowest BCUT2D eigenvalue weighted by atomic mass is 9.80. The fourth-order valence-electron chi connectivity index (χ4n) is 5.02. The fraction of sp³-hybridized carbons (Fsp3) is 0.500. The molecule has 0 unspecified atom stereocenters. The first-order valence-electron chi connectivity index (χ1n) is 11.8. The van der Waals surface area contributed by atoms with Crippen LogP contribution in [0.15, 0.2) is 41.8 Å². The van der Waals surface area contributed by atoms with E-state index in [0.717, 1.165) is 10.4 Å². The standard InChI is InChI=1S/C26H32N2O4S/c1-4-32-26(31)18-11-13-27(14-12-18)25(30)22-19-8-5-6-9-20(19)24(29)28(16-17(2)3)23(22)21-10-7-15-33-21/h5-10,15,17-18,22-23H,4,11-14,16H2,1-3H3/t22-,23-/m1/s1. The van der Waals surface area contributed by atoms with E-state index in [1.165, 1.54) is 0 Å². The molecule has 1 aromatic carbocycles. The number of hydrogen-bond donors (Lipinski definition) is 0. The van der Waals surface area contributed by atoms with E-state index < -0.39 is 5.92 Å². The highest BCUT2D eigenvalue weighted by Gasteiger charge is 2.46. The number of fused-ring (bicyclic) bond motifs is 1. The van der Waals surface area contributed by atoms with E-state index >= 15 is 0 Å². The van der Waals surface area contributed by atoms with Crippen molar-refractivity contribution in [3.8, 4) is 0 Å². The van der Waals surface area contributed by atoms with Crippen LogP contribution >= 0.6 is 11.3 Å². The molecule has 0 bridgehead atoms. The molecule has 2 amide bonds. The molecule has 2 aromatic rings.